The zero-order valence-corrected chi connectivity index (χ0v) is 9.89. The highest BCUT2D eigenvalue weighted by molar-refractivity contribution is 5.81. The molecule has 80 valence electrons. The quantitative estimate of drug-likeness (QED) is 0.658. The first-order chi connectivity index (χ1) is 6.42. The van der Waals surface area contributed by atoms with Gasteiger partial charge in [-0.05, 0) is 36.0 Å². The van der Waals surface area contributed by atoms with Gasteiger partial charge in [-0.2, -0.15) is 0 Å². The van der Waals surface area contributed by atoms with E-state index in [1.807, 2.05) is 6.92 Å². The smallest absolute Gasteiger partial charge is 0.136 e. The Kier molecular flexibility index (Phi) is 2.06. The minimum Gasteiger partial charge on any atom is -0.299 e. The third kappa shape index (κ3) is 1.04. The Balaban J connectivity index is 2.27. The molecular formula is C13H22O. The van der Waals surface area contributed by atoms with Gasteiger partial charge in [-0.25, -0.2) is 0 Å². The van der Waals surface area contributed by atoms with Gasteiger partial charge >= 0.3 is 0 Å². The van der Waals surface area contributed by atoms with E-state index in [0.717, 1.165) is 12.8 Å². The van der Waals surface area contributed by atoms with E-state index in [4.69, 9.17) is 0 Å². The number of hydrogen-bond donors (Lipinski definition) is 0. The average Bonchev–Trinajstić information content (AvgIpc) is 2.47. The SMILES string of the molecule is CCC(=O)[C@@H]1C[C@@]2(C)CC[C@@H]1C2(C)C. The van der Waals surface area contributed by atoms with Crippen molar-refractivity contribution in [3.63, 3.8) is 0 Å². The summed E-state index contributed by atoms with van der Waals surface area (Å²) in [6.07, 6.45) is 4.49. The van der Waals surface area contributed by atoms with Crippen LogP contribution >= 0.6 is 0 Å². The molecule has 0 heterocycles. The molecule has 0 N–H and O–H groups in total. The molecule has 2 fully saturated rings. The zero-order valence-electron chi connectivity index (χ0n) is 9.89. The minimum atomic E-state index is 0.383. The molecule has 2 saturated carbocycles. The number of fused-ring (bicyclic) bond motifs is 2. The molecule has 0 aliphatic heterocycles. The summed E-state index contributed by atoms with van der Waals surface area (Å²) in [7, 11) is 0. The summed E-state index contributed by atoms with van der Waals surface area (Å²) in [5.41, 5.74) is 0.829. The van der Waals surface area contributed by atoms with Crippen molar-refractivity contribution in [2.45, 2.75) is 53.4 Å². The van der Waals surface area contributed by atoms with Gasteiger partial charge in [0.15, 0.2) is 0 Å². The maximum Gasteiger partial charge on any atom is 0.136 e. The van der Waals surface area contributed by atoms with Crippen molar-refractivity contribution in [2.24, 2.45) is 22.7 Å². The summed E-state index contributed by atoms with van der Waals surface area (Å²) in [6, 6.07) is 0. The van der Waals surface area contributed by atoms with Crippen LogP contribution in [0.1, 0.15) is 53.4 Å². The van der Waals surface area contributed by atoms with E-state index >= 15 is 0 Å². The zero-order chi connectivity index (χ0) is 10.6. The van der Waals surface area contributed by atoms with E-state index in [1.54, 1.807) is 0 Å². The lowest BCUT2D eigenvalue weighted by atomic mass is 9.71. The van der Waals surface area contributed by atoms with Crippen LogP contribution in [0.4, 0.5) is 0 Å². The third-order valence-corrected chi connectivity index (χ3v) is 5.41. The highest BCUT2D eigenvalue weighted by Gasteiger charge is 2.61. The van der Waals surface area contributed by atoms with Crippen molar-refractivity contribution in [3.05, 3.63) is 0 Å². The molecule has 0 unspecified atom stereocenters. The summed E-state index contributed by atoms with van der Waals surface area (Å²) in [5.74, 6) is 1.56. The first-order valence-electron chi connectivity index (χ1n) is 5.95. The van der Waals surface area contributed by atoms with Crippen molar-refractivity contribution in [2.75, 3.05) is 0 Å². The lowest BCUT2D eigenvalue weighted by molar-refractivity contribution is -0.124. The Morgan fingerprint density at radius 2 is 2.00 bits per heavy atom. The maximum absolute atomic E-state index is 11.8. The number of rotatable bonds is 2. The monoisotopic (exact) mass is 194 g/mol. The van der Waals surface area contributed by atoms with E-state index < -0.39 is 0 Å². The highest BCUT2D eigenvalue weighted by Crippen LogP contribution is 2.67. The van der Waals surface area contributed by atoms with Crippen molar-refractivity contribution in [1.29, 1.82) is 0 Å². The number of hydrogen-bond acceptors (Lipinski definition) is 1. The Hall–Kier alpha value is -0.330. The highest BCUT2D eigenvalue weighted by atomic mass is 16.1. The second-order valence-electron chi connectivity index (χ2n) is 6.06. The molecule has 0 amide bonds. The van der Waals surface area contributed by atoms with Gasteiger partial charge in [-0.3, -0.25) is 4.79 Å². The molecule has 2 aliphatic carbocycles. The van der Waals surface area contributed by atoms with Gasteiger partial charge in [-0.15, -0.1) is 0 Å². The predicted molar refractivity (Wildman–Crippen MR) is 58.0 cm³/mol. The molecule has 0 radical (unpaired) electrons. The van der Waals surface area contributed by atoms with Gasteiger partial charge in [0.1, 0.15) is 5.78 Å². The van der Waals surface area contributed by atoms with Crippen molar-refractivity contribution >= 4 is 5.78 Å². The fourth-order valence-electron chi connectivity index (χ4n) is 3.90. The van der Waals surface area contributed by atoms with Gasteiger partial charge in [0, 0.05) is 12.3 Å². The Bertz CT molecular complexity index is 264. The van der Waals surface area contributed by atoms with Gasteiger partial charge < -0.3 is 0 Å². The van der Waals surface area contributed by atoms with Crippen molar-refractivity contribution in [3.8, 4) is 0 Å². The number of carbonyl (C=O) groups is 1. The number of ketones is 1. The molecule has 2 aliphatic rings. The normalized spacial score (nSPS) is 44.3. The molecule has 1 heteroatoms. The molecule has 0 aromatic carbocycles. The van der Waals surface area contributed by atoms with Crippen LogP contribution in [0.3, 0.4) is 0 Å². The van der Waals surface area contributed by atoms with Crippen LogP contribution in [0.5, 0.6) is 0 Å². The van der Waals surface area contributed by atoms with Crippen LogP contribution in [-0.2, 0) is 4.79 Å². The molecule has 2 rings (SSSR count). The number of Topliss-reactive ketones (excluding diaryl/α,β-unsaturated/α-hetero) is 1. The van der Waals surface area contributed by atoms with Gasteiger partial charge in [0.2, 0.25) is 0 Å². The molecule has 0 aromatic heterocycles. The van der Waals surface area contributed by atoms with Crippen LogP contribution in [0.2, 0.25) is 0 Å². The fraction of sp³-hybridized carbons (Fsp3) is 0.923. The molecular weight excluding hydrogens is 172 g/mol. The maximum atomic E-state index is 11.8. The first-order valence-corrected chi connectivity index (χ1v) is 5.95. The summed E-state index contributed by atoms with van der Waals surface area (Å²) < 4.78 is 0. The molecule has 14 heavy (non-hydrogen) atoms. The lowest BCUT2D eigenvalue weighted by Crippen LogP contribution is -2.26. The molecule has 0 spiro atoms. The van der Waals surface area contributed by atoms with Crippen LogP contribution in [0.15, 0.2) is 0 Å². The first kappa shape index (κ1) is 10.2. The third-order valence-electron chi connectivity index (χ3n) is 5.41. The van der Waals surface area contributed by atoms with E-state index in [-0.39, 0.29) is 0 Å². The Labute approximate surface area is 87.3 Å². The minimum absolute atomic E-state index is 0.383. The van der Waals surface area contributed by atoms with Crippen molar-refractivity contribution < 1.29 is 4.79 Å². The standard InChI is InChI=1S/C13H22O/c1-5-11(14)9-8-13(4)7-6-10(9)12(13,2)3/h9-10H,5-8H2,1-4H3/t9-,10+,13-/m1/s1. The summed E-state index contributed by atoms with van der Waals surface area (Å²) in [5, 5.41) is 0. The molecule has 0 aromatic rings. The summed E-state index contributed by atoms with van der Waals surface area (Å²) in [4.78, 5) is 11.8. The fourth-order valence-corrected chi connectivity index (χ4v) is 3.90. The van der Waals surface area contributed by atoms with Gasteiger partial charge in [0.25, 0.3) is 0 Å². The van der Waals surface area contributed by atoms with E-state index in [2.05, 4.69) is 20.8 Å². The van der Waals surface area contributed by atoms with E-state index in [0.29, 0.717) is 28.4 Å². The topological polar surface area (TPSA) is 17.1 Å². The Morgan fingerprint density at radius 1 is 1.36 bits per heavy atom. The van der Waals surface area contributed by atoms with Crippen LogP contribution < -0.4 is 0 Å². The second-order valence-corrected chi connectivity index (χ2v) is 6.06. The van der Waals surface area contributed by atoms with Gasteiger partial charge in [-0.1, -0.05) is 27.7 Å². The predicted octanol–water partition coefficient (Wildman–Crippen LogP) is 3.43. The Morgan fingerprint density at radius 3 is 2.36 bits per heavy atom. The largest absolute Gasteiger partial charge is 0.299 e. The lowest BCUT2D eigenvalue weighted by Gasteiger charge is -2.34. The summed E-state index contributed by atoms with van der Waals surface area (Å²) in [6.45, 7) is 9.13. The van der Waals surface area contributed by atoms with E-state index in [1.165, 1.54) is 12.8 Å². The molecule has 0 saturated heterocycles. The molecule has 3 atom stereocenters. The van der Waals surface area contributed by atoms with Crippen molar-refractivity contribution in [1.82, 2.24) is 0 Å². The van der Waals surface area contributed by atoms with Gasteiger partial charge in [0.05, 0.1) is 0 Å². The molecule has 2 bridgehead atoms. The molecule has 1 nitrogen and oxygen atoms in total. The van der Waals surface area contributed by atoms with E-state index in [9.17, 15) is 4.79 Å². The van der Waals surface area contributed by atoms with Crippen LogP contribution in [0, 0.1) is 22.7 Å². The van der Waals surface area contributed by atoms with Crippen LogP contribution in [-0.4, -0.2) is 5.78 Å². The number of carbonyl (C=O) groups excluding carboxylic acids is 1. The summed E-state index contributed by atoms with van der Waals surface area (Å²) >= 11 is 0. The second kappa shape index (κ2) is 2.84. The average molecular weight is 194 g/mol. The van der Waals surface area contributed by atoms with Crippen LogP contribution in [0.25, 0.3) is 0 Å².